The maximum absolute atomic E-state index is 12.1. The first-order valence-corrected chi connectivity index (χ1v) is 8.42. The first kappa shape index (κ1) is 13.9. The number of amides is 1. The van der Waals surface area contributed by atoms with Crippen LogP contribution in [0, 0.1) is 5.92 Å². The Bertz CT molecular complexity index is 377. The van der Waals surface area contributed by atoms with Crippen LogP contribution in [0.1, 0.15) is 12.8 Å². The summed E-state index contributed by atoms with van der Waals surface area (Å²) in [7, 11) is 0. The van der Waals surface area contributed by atoms with Gasteiger partial charge >= 0.3 is 0 Å². The molecule has 1 aromatic rings. The van der Waals surface area contributed by atoms with Gasteiger partial charge in [0, 0.05) is 23.3 Å². The third-order valence-corrected chi connectivity index (χ3v) is 5.20. The second kappa shape index (κ2) is 7.19. The second-order valence-corrected chi connectivity index (χ2v) is 6.28. The topological polar surface area (TPSA) is 20.3 Å². The average molecular weight is 328 g/mol. The lowest BCUT2D eigenvalue weighted by Gasteiger charge is -2.31. The highest BCUT2D eigenvalue weighted by Crippen LogP contribution is 2.21. The smallest absolute Gasteiger partial charge is 0.232 e. The van der Waals surface area contributed by atoms with Gasteiger partial charge in [0.2, 0.25) is 5.91 Å². The van der Waals surface area contributed by atoms with Crippen molar-refractivity contribution in [3.63, 3.8) is 0 Å². The van der Waals surface area contributed by atoms with Crippen molar-refractivity contribution in [2.45, 2.75) is 17.7 Å². The van der Waals surface area contributed by atoms with Crippen LogP contribution in [0.2, 0.25) is 0 Å². The Balaban J connectivity index is 1.75. The summed E-state index contributed by atoms with van der Waals surface area (Å²) in [6.07, 6.45) is 2.26. The fraction of sp³-hybridized carbons (Fsp3) is 0.500. The Labute approximate surface area is 121 Å². The predicted octanol–water partition coefficient (Wildman–Crippen LogP) is 3.41. The van der Waals surface area contributed by atoms with E-state index in [1.165, 1.54) is 4.90 Å². The molecule has 2 nitrogen and oxygen atoms in total. The molecule has 1 heterocycles. The van der Waals surface area contributed by atoms with E-state index in [0.717, 1.165) is 37.2 Å². The summed E-state index contributed by atoms with van der Waals surface area (Å²) < 4.78 is 0. The Hall–Kier alpha value is -0.480. The molecule has 1 amide bonds. The number of alkyl halides is 1. The minimum Gasteiger partial charge on any atom is -0.342 e. The number of piperidine rings is 1. The minimum absolute atomic E-state index is 0.275. The number of nitrogens with zero attached hydrogens (tertiary/aromatic N) is 1. The highest BCUT2D eigenvalue weighted by atomic mass is 79.9. The van der Waals surface area contributed by atoms with Crippen LogP contribution < -0.4 is 0 Å². The van der Waals surface area contributed by atoms with Gasteiger partial charge in [0.15, 0.2) is 0 Å². The first-order chi connectivity index (χ1) is 8.79. The molecule has 4 heteroatoms. The minimum atomic E-state index is 0.275. The first-order valence-electron chi connectivity index (χ1n) is 6.31. The molecule has 1 aromatic carbocycles. The molecule has 0 aromatic heterocycles. The zero-order chi connectivity index (χ0) is 12.8. The molecule has 0 atom stereocenters. The van der Waals surface area contributed by atoms with Crippen molar-refractivity contribution in [2.75, 3.05) is 24.2 Å². The van der Waals surface area contributed by atoms with Gasteiger partial charge < -0.3 is 4.90 Å². The van der Waals surface area contributed by atoms with E-state index in [2.05, 4.69) is 28.1 Å². The number of hydrogen-bond acceptors (Lipinski definition) is 2. The van der Waals surface area contributed by atoms with Crippen molar-refractivity contribution < 1.29 is 4.79 Å². The van der Waals surface area contributed by atoms with Crippen LogP contribution in [0.15, 0.2) is 35.2 Å². The summed E-state index contributed by atoms with van der Waals surface area (Å²) in [5.41, 5.74) is 0. The monoisotopic (exact) mass is 327 g/mol. The lowest BCUT2D eigenvalue weighted by Crippen LogP contribution is -2.39. The number of halogens is 1. The van der Waals surface area contributed by atoms with Gasteiger partial charge in [-0.15, -0.1) is 11.8 Å². The fourth-order valence-corrected chi connectivity index (χ4v) is 3.56. The highest BCUT2D eigenvalue weighted by Gasteiger charge is 2.21. The predicted molar refractivity (Wildman–Crippen MR) is 80.3 cm³/mol. The standard InChI is InChI=1S/C14H18BrNOS/c15-10-12-6-8-16(9-7-12)14(17)11-18-13-4-2-1-3-5-13/h1-5,12H,6-11H2. The van der Waals surface area contributed by atoms with Crippen molar-refractivity contribution in [1.82, 2.24) is 4.90 Å². The van der Waals surface area contributed by atoms with E-state index in [4.69, 9.17) is 0 Å². The van der Waals surface area contributed by atoms with Gasteiger partial charge in [0.1, 0.15) is 0 Å². The van der Waals surface area contributed by atoms with Gasteiger partial charge in [-0.2, -0.15) is 0 Å². The van der Waals surface area contributed by atoms with Crippen molar-refractivity contribution in [3.8, 4) is 0 Å². The largest absolute Gasteiger partial charge is 0.342 e. The molecule has 2 rings (SSSR count). The van der Waals surface area contributed by atoms with Crippen LogP contribution in [0.5, 0.6) is 0 Å². The van der Waals surface area contributed by atoms with Gasteiger partial charge in [-0.25, -0.2) is 0 Å². The number of hydrogen-bond donors (Lipinski definition) is 0. The molecule has 1 saturated heterocycles. The maximum atomic E-state index is 12.1. The third-order valence-electron chi connectivity index (χ3n) is 3.29. The molecule has 0 spiro atoms. The van der Waals surface area contributed by atoms with Gasteiger partial charge in [-0.05, 0) is 30.9 Å². The quantitative estimate of drug-likeness (QED) is 0.624. The van der Waals surface area contributed by atoms with Crippen molar-refractivity contribution >= 4 is 33.6 Å². The summed E-state index contributed by atoms with van der Waals surface area (Å²) >= 11 is 5.15. The van der Waals surface area contributed by atoms with E-state index < -0.39 is 0 Å². The SMILES string of the molecule is O=C(CSc1ccccc1)N1CCC(CBr)CC1. The zero-order valence-electron chi connectivity index (χ0n) is 10.3. The van der Waals surface area contributed by atoms with Crippen LogP contribution in [-0.4, -0.2) is 35.0 Å². The Morgan fingerprint density at radius 3 is 2.56 bits per heavy atom. The normalized spacial score (nSPS) is 16.8. The van der Waals surface area contributed by atoms with E-state index in [1.54, 1.807) is 11.8 Å². The number of carbonyl (C=O) groups is 1. The van der Waals surface area contributed by atoms with E-state index in [9.17, 15) is 4.79 Å². The molecule has 0 N–H and O–H groups in total. The van der Waals surface area contributed by atoms with Crippen molar-refractivity contribution in [3.05, 3.63) is 30.3 Å². The zero-order valence-corrected chi connectivity index (χ0v) is 12.8. The fourth-order valence-electron chi connectivity index (χ4n) is 2.09. The Morgan fingerprint density at radius 2 is 1.94 bits per heavy atom. The molecule has 0 saturated carbocycles. The molecule has 0 radical (unpaired) electrons. The molecule has 98 valence electrons. The number of likely N-dealkylation sites (tertiary alicyclic amines) is 1. The molecule has 1 fully saturated rings. The number of carbonyl (C=O) groups excluding carboxylic acids is 1. The van der Waals surface area contributed by atoms with Gasteiger partial charge in [-0.3, -0.25) is 4.79 Å². The van der Waals surface area contributed by atoms with Gasteiger partial charge in [0.05, 0.1) is 5.75 Å². The van der Waals surface area contributed by atoms with Crippen LogP contribution in [0.4, 0.5) is 0 Å². The summed E-state index contributed by atoms with van der Waals surface area (Å²) in [6.45, 7) is 1.84. The van der Waals surface area contributed by atoms with Crippen molar-refractivity contribution in [1.29, 1.82) is 0 Å². The van der Waals surface area contributed by atoms with Gasteiger partial charge in [-0.1, -0.05) is 34.1 Å². The van der Waals surface area contributed by atoms with Gasteiger partial charge in [0.25, 0.3) is 0 Å². The van der Waals surface area contributed by atoms with E-state index >= 15 is 0 Å². The molecule has 0 aliphatic carbocycles. The van der Waals surface area contributed by atoms with Crippen LogP contribution in [0.25, 0.3) is 0 Å². The lowest BCUT2D eigenvalue weighted by atomic mass is 9.99. The summed E-state index contributed by atoms with van der Waals surface area (Å²) in [5, 5.41) is 1.06. The summed E-state index contributed by atoms with van der Waals surface area (Å²) in [4.78, 5) is 15.2. The van der Waals surface area contributed by atoms with Crippen molar-refractivity contribution in [2.24, 2.45) is 5.92 Å². The summed E-state index contributed by atoms with van der Waals surface area (Å²) in [6, 6.07) is 10.1. The van der Waals surface area contributed by atoms with Crippen LogP contribution in [-0.2, 0) is 4.79 Å². The number of rotatable bonds is 4. The highest BCUT2D eigenvalue weighted by molar-refractivity contribution is 9.09. The van der Waals surface area contributed by atoms with E-state index in [1.807, 2.05) is 23.1 Å². The Morgan fingerprint density at radius 1 is 1.28 bits per heavy atom. The number of benzene rings is 1. The maximum Gasteiger partial charge on any atom is 0.232 e. The van der Waals surface area contributed by atoms with E-state index in [-0.39, 0.29) is 5.91 Å². The molecular weight excluding hydrogens is 310 g/mol. The lowest BCUT2D eigenvalue weighted by molar-refractivity contribution is -0.129. The average Bonchev–Trinajstić information content (AvgIpc) is 2.46. The molecule has 1 aliphatic rings. The molecular formula is C14H18BrNOS. The van der Waals surface area contributed by atoms with Crippen LogP contribution >= 0.6 is 27.7 Å². The summed E-state index contributed by atoms with van der Waals surface area (Å²) in [5.74, 6) is 1.58. The van der Waals surface area contributed by atoms with E-state index in [0.29, 0.717) is 5.75 Å². The molecule has 0 bridgehead atoms. The molecule has 0 unspecified atom stereocenters. The second-order valence-electron chi connectivity index (χ2n) is 4.58. The molecule has 18 heavy (non-hydrogen) atoms. The van der Waals surface area contributed by atoms with Crippen LogP contribution in [0.3, 0.4) is 0 Å². The Kier molecular flexibility index (Phi) is 5.57. The molecule has 1 aliphatic heterocycles. The number of thioether (sulfide) groups is 1. The third kappa shape index (κ3) is 4.02.